The molecule has 9 heteroatoms. The van der Waals surface area contributed by atoms with Crippen molar-refractivity contribution < 1.29 is 18.4 Å². The third-order valence-corrected chi connectivity index (χ3v) is 5.84. The SMILES string of the molecule is C.Cc1nc(CC2CN(C(=O)c3cc(F)cc(F)c3)C2)nc2c1NC(=O)[C@H](C(C)C)N2C. The van der Waals surface area contributed by atoms with Crippen molar-refractivity contribution in [2.24, 2.45) is 11.8 Å². The Labute approximate surface area is 186 Å². The van der Waals surface area contributed by atoms with Gasteiger partial charge in [0.05, 0.1) is 5.69 Å². The molecule has 2 aliphatic rings. The van der Waals surface area contributed by atoms with E-state index in [0.717, 1.165) is 18.2 Å². The minimum Gasteiger partial charge on any atom is -0.346 e. The van der Waals surface area contributed by atoms with Crippen LogP contribution in [0.15, 0.2) is 18.2 Å². The summed E-state index contributed by atoms with van der Waals surface area (Å²) >= 11 is 0. The number of hydrogen-bond donors (Lipinski definition) is 1. The van der Waals surface area contributed by atoms with Gasteiger partial charge in [0.1, 0.15) is 29.2 Å². The molecule has 2 aromatic rings. The summed E-state index contributed by atoms with van der Waals surface area (Å²) in [5.41, 5.74) is 1.34. The number of carbonyl (C=O) groups excluding carboxylic acids is 2. The third kappa shape index (κ3) is 4.28. The predicted octanol–water partition coefficient (Wildman–Crippen LogP) is 3.43. The van der Waals surface area contributed by atoms with E-state index in [-0.39, 0.29) is 42.7 Å². The number of anilines is 2. The van der Waals surface area contributed by atoms with E-state index in [4.69, 9.17) is 4.98 Å². The molecule has 4 rings (SSSR count). The molecule has 0 saturated carbocycles. The van der Waals surface area contributed by atoms with Crippen molar-refractivity contribution in [2.75, 3.05) is 30.4 Å². The Hall–Kier alpha value is -3.10. The van der Waals surface area contributed by atoms with Crippen molar-refractivity contribution in [2.45, 2.75) is 40.7 Å². The second-order valence-corrected chi connectivity index (χ2v) is 8.65. The van der Waals surface area contributed by atoms with Gasteiger partial charge in [-0.2, -0.15) is 0 Å². The number of amides is 2. The standard InChI is InChI=1S/C22H25F2N5O2.CH4/c1-11(2)19-21(30)27-18-12(3)25-17(26-20(18)28(19)4)5-13-9-29(10-13)22(31)14-6-15(23)8-16(24)7-14;/h6-8,11,13,19H,5,9-10H2,1-4H3,(H,27,30);1H4/t19-;/m0./s1. The lowest BCUT2D eigenvalue weighted by atomic mass is 9.94. The maximum Gasteiger partial charge on any atom is 0.254 e. The van der Waals surface area contributed by atoms with E-state index >= 15 is 0 Å². The second kappa shape index (κ2) is 8.80. The lowest BCUT2D eigenvalue weighted by Crippen LogP contribution is -2.51. The van der Waals surface area contributed by atoms with Crippen LogP contribution in [-0.2, 0) is 11.2 Å². The molecular weight excluding hydrogens is 416 g/mol. The Kier molecular flexibility index (Phi) is 6.48. The van der Waals surface area contributed by atoms with Crippen LogP contribution < -0.4 is 10.2 Å². The Morgan fingerprint density at radius 2 is 1.81 bits per heavy atom. The number of carbonyl (C=O) groups is 2. The van der Waals surface area contributed by atoms with Crippen molar-refractivity contribution in [3.63, 3.8) is 0 Å². The molecule has 1 N–H and O–H groups in total. The van der Waals surface area contributed by atoms with Crippen LogP contribution in [0.3, 0.4) is 0 Å². The van der Waals surface area contributed by atoms with E-state index in [0.29, 0.717) is 42.5 Å². The van der Waals surface area contributed by atoms with E-state index < -0.39 is 11.6 Å². The zero-order chi connectivity index (χ0) is 22.4. The summed E-state index contributed by atoms with van der Waals surface area (Å²) in [4.78, 5) is 37.6. The van der Waals surface area contributed by atoms with Gasteiger partial charge in [0.15, 0.2) is 5.82 Å². The van der Waals surface area contributed by atoms with Gasteiger partial charge in [0.25, 0.3) is 5.91 Å². The largest absolute Gasteiger partial charge is 0.346 e. The van der Waals surface area contributed by atoms with Gasteiger partial charge in [-0.3, -0.25) is 9.59 Å². The Morgan fingerprint density at radius 1 is 1.19 bits per heavy atom. The van der Waals surface area contributed by atoms with Crippen LogP contribution in [0.5, 0.6) is 0 Å². The summed E-state index contributed by atoms with van der Waals surface area (Å²) in [5, 5.41) is 2.93. The maximum atomic E-state index is 13.4. The van der Waals surface area contributed by atoms with Gasteiger partial charge in [-0.15, -0.1) is 0 Å². The first-order chi connectivity index (χ1) is 14.6. The number of fused-ring (bicyclic) bond motifs is 1. The average Bonchev–Trinajstić information content (AvgIpc) is 2.64. The van der Waals surface area contributed by atoms with Crippen molar-refractivity contribution in [3.05, 3.63) is 46.9 Å². The first kappa shape index (κ1) is 23.6. The minimum absolute atomic E-state index is 0. The zero-order valence-electron chi connectivity index (χ0n) is 17.9. The van der Waals surface area contributed by atoms with E-state index in [1.54, 1.807) is 4.90 Å². The lowest BCUT2D eigenvalue weighted by molar-refractivity contribution is -0.118. The van der Waals surface area contributed by atoms with Crippen LogP contribution in [0.2, 0.25) is 0 Å². The number of halogens is 2. The van der Waals surface area contributed by atoms with Gasteiger partial charge in [0.2, 0.25) is 5.91 Å². The average molecular weight is 446 g/mol. The molecule has 0 spiro atoms. The molecule has 2 amide bonds. The first-order valence-electron chi connectivity index (χ1n) is 10.3. The van der Waals surface area contributed by atoms with E-state index in [9.17, 15) is 18.4 Å². The highest BCUT2D eigenvalue weighted by molar-refractivity contribution is 6.03. The molecular formula is C23H29F2N5O2. The highest BCUT2D eigenvalue weighted by atomic mass is 19.1. The van der Waals surface area contributed by atoms with E-state index in [1.807, 2.05) is 32.7 Å². The molecule has 1 aromatic carbocycles. The highest BCUT2D eigenvalue weighted by Gasteiger charge is 2.36. The minimum atomic E-state index is -0.769. The van der Waals surface area contributed by atoms with Crippen LogP contribution in [-0.4, -0.2) is 52.9 Å². The first-order valence-corrected chi connectivity index (χ1v) is 10.3. The summed E-state index contributed by atoms with van der Waals surface area (Å²) in [5.74, 6) is -0.367. The van der Waals surface area contributed by atoms with Gasteiger partial charge in [-0.25, -0.2) is 18.7 Å². The van der Waals surface area contributed by atoms with Gasteiger partial charge in [-0.05, 0) is 25.0 Å². The number of nitrogens with zero attached hydrogens (tertiary/aromatic N) is 4. The van der Waals surface area contributed by atoms with Gasteiger partial charge in [-0.1, -0.05) is 21.3 Å². The van der Waals surface area contributed by atoms with E-state index in [2.05, 4.69) is 10.3 Å². The van der Waals surface area contributed by atoms with Crippen molar-refractivity contribution in [3.8, 4) is 0 Å². The zero-order valence-corrected chi connectivity index (χ0v) is 17.9. The summed E-state index contributed by atoms with van der Waals surface area (Å²) < 4.78 is 26.8. The topological polar surface area (TPSA) is 78.4 Å². The normalized spacial score (nSPS) is 18.1. The fourth-order valence-corrected chi connectivity index (χ4v) is 4.34. The van der Waals surface area contributed by atoms with Crippen molar-refractivity contribution in [1.29, 1.82) is 0 Å². The smallest absolute Gasteiger partial charge is 0.254 e. The monoisotopic (exact) mass is 445 g/mol. The molecule has 2 aliphatic heterocycles. The number of nitrogens with one attached hydrogen (secondary N) is 1. The highest BCUT2D eigenvalue weighted by Crippen LogP contribution is 2.34. The molecule has 0 unspecified atom stereocenters. The molecule has 32 heavy (non-hydrogen) atoms. The Balaban J connectivity index is 0.00000289. The molecule has 3 heterocycles. The van der Waals surface area contributed by atoms with Crippen LogP contribution in [0.4, 0.5) is 20.3 Å². The molecule has 0 radical (unpaired) electrons. The van der Waals surface area contributed by atoms with Gasteiger partial charge < -0.3 is 15.1 Å². The van der Waals surface area contributed by atoms with Crippen LogP contribution >= 0.6 is 0 Å². The number of rotatable bonds is 4. The molecule has 172 valence electrons. The number of likely N-dealkylation sites (N-methyl/N-ethyl adjacent to an activating group) is 1. The lowest BCUT2D eigenvalue weighted by Gasteiger charge is -2.40. The number of aryl methyl sites for hydroxylation is 1. The second-order valence-electron chi connectivity index (χ2n) is 8.65. The third-order valence-electron chi connectivity index (χ3n) is 5.84. The van der Waals surface area contributed by atoms with Crippen LogP contribution in [0, 0.1) is 30.4 Å². The van der Waals surface area contributed by atoms with Crippen molar-refractivity contribution >= 4 is 23.3 Å². The van der Waals surface area contributed by atoms with Gasteiger partial charge in [0, 0.05) is 44.1 Å². The number of likely N-dealkylation sites (tertiary alicyclic amines) is 1. The van der Waals surface area contributed by atoms with Crippen LogP contribution in [0.25, 0.3) is 0 Å². The molecule has 7 nitrogen and oxygen atoms in total. The molecule has 0 bridgehead atoms. The number of benzene rings is 1. The van der Waals surface area contributed by atoms with Gasteiger partial charge >= 0.3 is 0 Å². The fourth-order valence-electron chi connectivity index (χ4n) is 4.34. The Bertz CT molecular complexity index is 1030. The summed E-state index contributed by atoms with van der Waals surface area (Å²) in [6.07, 6.45) is 0.573. The molecule has 0 aliphatic carbocycles. The van der Waals surface area contributed by atoms with Crippen molar-refractivity contribution in [1.82, 2.24) is 14.9 Å². The predicted molar refractivity (Wildman–Crippen MR) is 119 cm³/mol. The maximum absolute atomic E-state index is 13.4. The van der Waals surface area contributed by atoms with Crippen LogP contribution in [0.1, 0.15) is 43.2 Å². The molecule has 1 saturated heterocycles. The summed E-state index contributed by atoms with van der Waals surface area (Å²) in [6, 6.07) is 2.53. The summed E-state index contributed by atoms with van der Waals surface area (Å²) in [7, 11) is 1.86. The fraction of sp³-hybridized carbons (Fsp3) is 0.478. The molecule has 1 aromatic heterocycles. The number of aromatic nitrogens is 2. The molecule has 1 atom stereocenters. The molecule has 1 fully saturated rings. The number of hydrogen-bond acceptors (Lipinski definition) is 5. The quantitative estimate of drug-likeness (QED) is 0.780. The Morgan fingerprint density at radius 3 is 2.41 bits per heavy atom. The van der Waals surface area contributed by atoms with E-state index in [1.165, 1.54) is 0 Å². The summed E-state index contributed by atoms with van der Waals surface area (Å²) in [6.45, 7) is 6.76.